The molecule has 0 aliphatic carbocycles. The number of nitrogens with one attached hydrogen (secondary N) is 2. The van der Waals surface area contributed by atoms with Crippen LogP contribution in [0, 0.1) is 5.82 Å². The number of hydrogen-bond acceptors (Lipinski definition) is 2. The number of H-pyrrole nitrogens is 1. The van der Waals surface area contributed by atoms with Crippen LogP contribution in [-0.4, -0.2) is 15.9 Å². The Kier molecular flexibility index (Phi) is 5.38. The molecule has 0 unspecified atom stereocenters. The number of carbonyl (C=O) groups excluding carboxylic acids is 1. The highest BCUT2D eigenvalue weighted by Gasteiger charge is 2.15. The van der Waals surface area contributed by atoms with E-state index in [1.54, 1.807) is 12.1 Å². The first-order valence-corrected chi connectivity index (χ1v) is 10.7. The molecule has 1 amide bonds. The number of fused-ring (bicyclic) bond motifs is 2. The average molecular weight is 423 g/mol. The Morgan fingerprint density at radius 3 is 2.56 bits per heavy atom. The van der Waals surface area contributed by atoms with E-state index in [1.165, 1.54) is 12.1 Å². The molecule has 3 aromatic carbocycles. The van der Waals surface area contributed by atoms with Gasteiger partial charge in [0.1, 0.15) is 5.82 Å². The third-order valence-corrected chi connectivity index (χ3v) is 5.63. The molecule has 0 bridgehead atoms. The summed E-state index contributed by atoms with van der Waals surface area (Å²) in [6, 6.07) is 26.2. The summed E-state index contributed by atoms with van der Waals surface area (Å²) < 4.78 is 13.1. The largest absolute Gasteiger partial charge is 0.353 e. The van der Waals surface area contributed by atoms with E-state index in [9.17, 15) is 9.18 Å². The maximum Gasteiger partial charge on any atom is 0.224 e. The van der Waals surface area contributed by atoms with Gasteiger partial charge in [-0.25, -0.2) is 9.37 Å². The van der Waals surface area contributed by atoms with Gasteiger partial charge in [0.25, 0.3) is 0 Å². The van der Waals surface area contributed by atoms with Crippen molar-refractivity contribution in [2.24, 2.45) is 0 Å². The Hall–Kier alpha value is -3.99. The SMILES string of the molecule is O=C(CCCc1c(-c2ccc3ccccc3n2)[nH]c2ccccc12)Nc1ccc(F)cc1. The minimum absolute atomic E-state index is 0.0816. The van der Waals surface area contributed by atoms with Crippen molar-refractivity contribution < 1.29 is 9.18 Å². The Labute approximate surface area is 185 Å². The highest BCUT2D eigenvalue weighted by molar-refractivity contribution is 5.92. The van der Waals surface area contributed by atoms with Crippen LogP contribution in [0.3, 0.4) is 0 Å². The van der Waals surface area contributed by atoms with Crippen LogP contribution in [0.1, 0.15) is 18.4 Å². The number of pyridine rings is 1. The fraction of sp³-hybridized carbons (Fsp3) is 0.111. The predicted molar refractivity (Wildman–Crippen MR) is 127 cm³/mol. The maximum atomic E-state index is 13.1. The van der Waals surface area contributed by atoms with Crippen LogP contribution in [0.5, 0.6) is 0 Å². The number of aromatic nitrogens is 2. The number of nitrogens with zero attached hydrogens (tertiary/aromatic N) is 1. The lowest BCUT2D eigenvalue weighted by molar-refractivity contribution is -0.116. The molecular formula is C27H22FN3O. The molecule has 0 radical (unpaired) electrons. The van der Waals surface area contributed by atoms with E-state index in [-0.39, 0.29) is 11.7 Å². The van der Waals surface area contributed by atoms with Gasteiger partial charge in [0, 0.05) is 28.4 Å². The smallest absolute Gasteiger partial charge is 0.224 e. The third-order valence-electron chi connectivity index (χ3n) is 5.63. The highest BCUT2D eigenvalue weighted by atomic mass is 19.1. The minimum atomic E-state index is -0.322. The monoisotopic (exact) mass is 423 g/mol. The number of benzene rings is 3. The fourth-order valence-electron chi connectivity index (χ4n) is 4.07. The maximum absolute atomic E-state index is 13.1. The molecule has 0 atom stereocenters. The quantitative estimate of drug-likeness (QED) is 0.328. The van der Waals surface area contributed by atoms with Gasteiger partial charge in [0.15, 0.2) is 0 Å². The van der Waals surface area contributed by atoms with Gasteiger partial charge >= 0.3 is 0 Å². The minimum Gasteiger partial charge on any atom is -0.353 e. The van der Waals surface area contributed by atoms with Crippen molar-refractivity contribution in [3.63, 3.8) is 0 Å². The second-order valence-electron chi connectivity index (χ2n) is 7.82. The number of aryl methyl sites for hydroxylation is 1. The number of carbonyl (C=O) groups is 1. The zero-order chi connectivity index (χ0) is 21.9. The summed E-state index contributed by atoms with van der Waals surface area (Å²) >= 11 is 0. The normalized spacial score (nSPS) is 11.2. The van der Waals surface area contributed by atoms with Crippen molar-refractivity contribution in [2.45, 2.75) is 19.3 Å². The van der Waals surface area contributed by atoms with Crippen LogP contribution in [0.25, 0.3) is 33.2 Å². The first-order valence-electron chi connectivity index (χ1n) is 10.7. The summed E-state index contributed by atoms with van der Waals surface area (Å²) in [7, 11) is 0. The number of para-hydroxylation sites is 2. The molecule has 5 aromatic rings. The molecule has 0 saturated heterocycles. The molecule has 2 aromatic heterocycles. The van der Waals surface area contributed by atoms with Gasteiger partial charge in [-0.15, -0.1) is 0 Å². The number of anilines is 1. The lowest BCUT2D eigenvalue weighted by Crippen LogP contribution is -2.11. The lowest BCUT2D eigenvalue weighted by Gasteiger charge is -2.07. The Bertz CT molecular complexity index is 1410. The molecule has 32 heavy (non-hydrogen) atoms. The fourth-order valence-corrected chi connectivity index (χ4v) is 4.07. The van der Waals surface area contributed by atoms with Crippen molar-refractivity contribution in [2.75, 3.05) is 5.32 Å². The molecule has 2 N–H and O–H groups in total. The van der Waals surface area contributed by atoms with E-state index in [4.69, 9.17) is 4.98 Å². The second kappa shape index (κ2) is 8.63. The number of aromatic amines is 1. The summed E-state index contributed by atoms with van der Waals surface area (Å²) in [4.78, 5) is 20.8. The van der Waals surface area contributed by atoms with E-state index in [0.29, 0.717) is 18.5 Å². The van der Waals surface area contributed by atoms with Crippen molar-refractivity contribution in [1.29, 1.82) is 0 Å². The molecule has 5 rings (SSSR count). The van der Waals surface area contributed by atoms with Gasteiger partial charge in [-0.1, -0.05) is 42.5 Å². The molecule has 2 heterocycles. The van der Waals surface area contributed by atoms with E-state index in [2.05, 4.69) is 34.6 Å². The molecule has 4 nitrogen and oxygen atoms in total. The molecule has 0 aliphatic rings. The van der Waals surface area contributed by atoms with Crippen LogP contribution < -0.4 is 5.32 Å². The Morgan fingerprint density at radius 2 is 1.69 bits per heavy atom. The van der Waals surface area contributed by atoms with Gasteiger partial charge in [0.2, 0.25) is 5.91 Å². The van der Waals surface area contributed by atoms with Crippen LogP contribution in [-0.2, 0) is 11.2 Å². The van der Waals surface area contributed by atoms with Crippen LogP contribution >= 0.6 is 0 Å². The zero-order valence-corrected chi connectivity index (χ0v) is 17.4. The molecule has 158 valence electrons. The van der Waals surface area contributed by atoms with E-state index >= 15 is 0 Å². The number of halogens is 1. The highest BCUT2D eigenvalue weighted by Crippen LogP contribution is 2.31. The molecule has 0 aliphatic heterocycles. The van der Waals surface area contributed by atoms with Crippen molar-refractivity contribution in [3.8, 4) is 11.4 Å². The topological polar surface area (TPSA) is 57.8 Å². The average Bonchev–Trinajstić information content (AvgIpc) is 3.19. The Morgan fingerprint density at radius 1 is 0.906 bits per heavy atom. The number of amides is 1. The van der Waals surface area contributed by atoms with Crippen molar-refractivity contribution >= 4 is 33.4 Å². The predicted octanol–water partition coefficient (Wildman–Crippen LogP) is 6.48. The van der Waals surface area contributed by atoms with E-state index < -0.39 is 0 Å². The van der Waals surface area contributed by atoms with E-state index in [0.717, 1.165) is 45.2 Å². The summed E-state index contributed by atoms with van der Waals surface area (Å²) in [5.41, 5.74) is 5.67. The molecule has 0 saturated carbocycles. The number of hydrogen-bond donors (Lipinski definition) is 2. The first-order chi connectivity index (χ1) is 15.7. The van der Waals surface area contributed by atoms with Gasteiger partial charge in [-0.3, -0.25) is 4.79 Å². The summed E-state index contributed by atoms with van der Waals surface area (Å²) in [6.45, 7) is 0. The lowest BCUT2D eigenvalue weighted by atomic mass is 10.0. The van der Waals surface area contributed by atoms with Gasteiger partial charge < -0.3 is 10.3 Å². The van der Waals surface area contributed by atoms with Crippen LogP contribution in [0.2, 0.25) is 0 Å². The number of rotatable bonds is 6. The van der Waals surface area contributed by atoms with Crippen LogP contribution in [0.15, 0.2) is 84.9 Å². The Balaban J connectivity index is 1.38. The third kappa shape index (κ3) is 4.10. The van der Waals surface area contributed by atoms with Crippen molar-refractivity contribution in [3.05, 3.63) is 96.3 Å². The van der Waals surface area contributed by atoms with Gasteiger partial charge in [-0.2, -0.15) is 0 Å². The van der Waals surface area contributed by atoms with Crippen molar-refractivity contribution in [1.82, 2.24) is 9.97 Å². The van der Waals surface area contributed by atoms with Crippen LogP contribution in [0.4, 0.5) is 10.1 Å². The van der Waals surface area contributed by atoms with E-state index in [1.807, 2.05) is 36.4 Å². The molecular weight excluding hydrogens is 401 g/mol. The van der Waals surface area contributed by atoms with Gasteiger partial charge in [-0.05, 0) is 60.9 Å². The van der Waals surface area contributed by atoms with Gasteiger partial charge in [0.05, 0.1) is 16.9 Å². The standard InChI is InChI=1S/C27H22FN3O/c28-19-13-15-20(16-14-19)29-26(32)11-5-8-22-21-7-2-4-10-24(21)31-27(22)25-17-12-18-6-1-3-9-23(18)30-25/h1-4,6-7,9-10,12-17,31H,5,8,11H2,(H,29,32). The summed E-state index contributed by atoms with van der Waals surface area (Å²) in [6.07, 6.45) is 1.81. The first kappa shape index (κ1) is 19.9. The second-order valence-corrected chi connectivity index (χ2v) is 7.82. The molecule has 5 heteroatoms. The zero-order valence-electron chi connectivity index (χ0n) is 17.4. The summed E-state index contributed by atoms with van der Waals surface area (Å²) in [5.74, 6) is -0.404. The summed E-state index contributed by atoms with van der Waals surface area (Å²) in [5, 5.41) is 5.08. The molecule has 0 fully saturated rings. The molecule has 0 spiro atoms.